The van der Waals surface area contributed by atoms with Crippen LogP contribution in [0.2, 0.25) is 0 Å². The van der Waals surface area contributed by atoms with Crippen molar-refractivity contribution in [3.05, 3.63) is 29.8 Å². The summed E-state index contributed by atoms with van der Waals surface area (Å²) in [5, 5.41) is 0. The van der Waals surface area contributed by atoms with E-state index >= 15 is 0 Å². The molecule has 0 saturated heterocycles. The molecule has 2 atom stereocenters. The summed E-state index contributed by atoms with van der Waals surface area (Å²) in [4.78, 5) is 11.3. The van der Waals surface area contributed by atoms with Crippen molar-refractivity contribution in [2.24, 2.45) is 0 Å². The molecule has 0 bridgehead atoms. The minimum Gasteiger partial charge on any atom is -0.425 e. The maximum absolute atomic E-state index is 11.5. The molecule has 1 aliphatic heterocycles. The Morgan fingerprint density at radius 3 is 2.86 bits per heavy atom. The number of alkyl halides is 1. The second kappa shape index (κ2) is 3.73. The van der Waals surface area contributed by atoms with E-state index in [4.69, 9.17) is 4.74 Å². The molecule has 0 aliphatic carbocycles. The molecule has 74 valence electrons. The van der Waals surface area contributed by atoms with Gasteiger partial charge in [0.2, 0.25) is 0 Å². The molecule has 14 heavy (non-hydrogen) atoms. The number of benzene rings is 1. The Morgan fingerprint density at radius 2 is 2.14 bits per heavy atom. The lowest BCUT2D eigenvalue weighted by molar-refractivity contribution is -0.135. The van der Waals surface area contributed by atoms with Crippen molar-refractivity contribution >= 4 is 21.9 Å². The van der Waals surface area contributed by atoms with Crippen molar-refractivity contribution in [3.8, 4) is 5.75 Å². The van der Waals surface area contributed by atoms with Crippen LogP contribution in [0.3, 0.4) is 0 Å². The highest BCUT2D eigenvalue weighted by atomic mass is 79.9. The summed E-state index contributed by atoms with van der Waals surface area (Å²) in [5.41, 5.74) is 1.12. The van der Waals surface area contributed by atoms with Gasteiger partial charge in [-0.15, -0.1) is 0 Å². The van der Waals surface area contributed by atoms with Crippen LogP contribution < -0.4 is 4.74 Å². The normalized spacial score (nSPS) is 25.4. The summed E-state index contributed by atoms with van der Waals surface area (Å²) in [7, 11) is 0. The molecule has 1 aromatic rings. The Balaban J connectivity index is 2.47. The number of rotatable bonds is 1. The van der Waals surface area contributed by atoms with E-state index in [1.54, 1.807) is 0 Å². The van der Waals surface area contributed by atoms with Crippen LogP contribution in [-0.2, 0) is 4.79 Å². The van der Waals surface area contributed by atoms with Gasteiger partial charge in [0, 0.05) is 5.92 Å². The van der Waals surface area contributed by atoms with Crippen LogP contribution >= 0.6 is 15.9 Å². The summed E-state index contributed by atoms with van der Waals surface area (Å²) < 4.78 is 5.19. The molecule has 2 nitrogen and oxygen atoms in total. The number of esters is 1. The first-order chi connectivity index (χ1) is 6.74. The molecule has 1 heterocycles. The van der Waals surface area contributed by atoms with Crippen LogP contribution in [0.1, 0.15) is 24.8 Å². The quantitative estimate of drug-likeness (QED) is 0.438. The maximum atomic E-state index is 11.5. The van der Waals surface area contributed by atoms with E-state index < -0.39 is 0 Å². The standard InChI is InChI=1S/C11H11BrO2/c1-2-7-8-5-3-4-6-9(8)14-11(13)10(7)12/h3-7,10H,2H2,1H3. The Labute approximate surface area is 91.4 Å². The van der Waals surface area contributed by atoms with E-state index in [9.17, 15) is 4.79 Å². The average molecular weight is 255 g/mol. The van der Waals surface area contributed by atoms with Gasteiger partial charge in [-0.25, -0.2) is 0 Å². The van der Waals surface area contributed by atoms with Crippen LogP contribution in [0.5, 0.6) is 5.75 Å². The van der Waals surface area contributed by atoms with Gasteiger partial charge in [0.25, 0.3) is 0 Å². The number of halogens is 1. The minimum atomic E-state index is -0.206. The number of fused-ring (bicyclic) bond motifs is 1. The highest BCUT2D eigenvalue weighted by Crippen LogP contribution is 2.39. The van der Waals surface area contributed by atoms with Gasteiger partial charge in [-0.2, -0.15) is 0 Å². The minimum absolute atomic E-state index is 0.185. The Morgan fingerprint density at radius 1 is 1.43 bits per heavy atom. The van der Waals surface area contributed by atoms with Crippen LogP contribution in [0.4, 0.5) is 0 Å². The highest BCUT2D eigenvalue weighted by Gasteiger charge is 2.34. The zero-order valence-electron chi connectivity index (χ0n) is 7.87. The van der Waals surface area contributed by atoms with Gasteiger partial charge in [0.05, 0.1) is 0 Å². The summed E-state index contributed by atoms with van der Waals surface area (Å²) in [6.07, 6.45) is 0.933. The molecule has 0 fully saturated rings. The third kappa shape index (κ3) is 1.46. The van der Waals surface area contributed by atoms with E-state index in [0.717, 1.165) is 12.0 Å². The molecule has 0 spiro atoms. The molecular formula is C11H11BrO2. The number of para-hydroxylation sites is 1. The second-order valence-corrected chi connectivity index (χ2v) is 4.36. The predicted octanol–water partition coefficient (Wildman–Crippen LogP) is 2.86. The van der Waals surface area contributed by atoms with Crippen LogP contribution in [0.25, 0.3) is 0 Å². The number of carbonyl (C=O) groups excluding carboxylic acids is 1. The third-order valence-electron chi connectivity index (χ3n) is 2.55. The first-order valence-electron chi connectivity index (χ1n) is 4.68. The fraction of sp³-hybridized carbons (Fsp3) is 0.364. The van der Waals surface area contributed by atoms with Gasteiger partial charge < -0.3 is 4.74 Å². The number of hydrogen-bond donors (Lipinski definition) is 0. The van der Waals surface area contributed by atoms with E-state index in [1.807, 2.05) is 24.3 Å². The lowest BCUT2D eigenvalue weighted by atomic mass is 9.91. The summed E-state index contributed by atoms with van der Waals surface area (Å²) in [6.45, 7) is 2.08. The molecule has 3 heteroatoms. The number of ether oxygens (including phenoxy) is 1. The zero-order chi connectivity index (χ0) is 10.1. The van der Waals surface area contributed by atoms with Gasteiger partial charge in [0.15, 0.2) is 0 Å². The summed E-state index contributed by atoms with van der Waals surface area (Å²) in [6, 6.07) is 7.72. The SMILES string of the molecule is CCC1c2ccccc2OC(=O)C1Br. The van der Waals surface area contributed by atoms with Crippen molar-refractivity contribution in [2.75, 3.05) is 0 Å². The van der Waals surface area contributed by atoms with Gasteiger partial charge in [-0.1, -0.05) is 41.1 Å². The molecule has 0 aromatic heterocycles. The van der Waals surface area contributed by atoms with Crippen molar-refractivity contribution in [1.29, 1.82) is 0 Å². The molecular weight excluding hydrogens is 244 g/mol. The van der Waals surface area contributed by atoms with Crippen molar-refractivity contribution in [1.82, 2.24) is 0 Å². The van der Waals surface area contributed by atoms with Gasteiger partial charge >= 0.3 is 5.97 Å². The van der Waals surface area contributed by atoms with Crippen LogP contribution in [-0.4, -0.2) is 10.8 Å². The van der Waals surface area contributed by atoms with E-state index in [2.05, 4.69) is 22.9 Å². The monoisotopic (exact) mass is 254 g/mol. The largest absolute Gasteiger partial charge is 0.425 e. The number of hydrogen-bond acceptors (Lipinski definition) is 2. The van der Waals surface area contributed by atoms with E-state index in [1.165, 1.54) is 0 Å². The molecule has 1 aliphatic rings. The van der Waals surface area contributed by atoms with E-state index in [0.29, 0.717) is 5.75 Å². The molecule has 1 aromatic carbocycles. The fourth-order valence-corrected chi connectivity index (χ4v) is 2.55. The molecule has 2 rings (SSSR count). The first kappa shape index (κ1) is 9.71. The smallest absolute Gasteiger partial charge is 0.325 e. The zero-order valence-corrected chi connectivity index (χ0v) is 9.45. The van der Waals surface area contributed by atoms with Gasteiger partial charge in [-0.3, -0.25) is 4.79 Å². The Bertz CT molecular complexity index is 362. The topological polar surface area (TPSA) is 26.3 Å². The second-order valence-electron chi connectivity index (χ2n) is 3.38. The predicted molar refractivity (Wildman–Crippen MR) is 57.8 cm³/mol. The molecule has 0 amide bonds. The van der Waals surface area contributed by atoms with Gasteiger partial charge in [0.1, 0.15) is 10.6 Å². The Hall–Kier alpha value is -0.830. The van der Waals surface area contributed by atoms with Crippen LogP contribution in [0.15, 0.2) is 24.3 Å². The lowest BCUT2D eigenvalue weighted by Crippen LogP contribution is -2.31. The van der Waals surface area contributed by atoms with Crippen molar-refractivity contribution in [3.63, 3.8) is 0 Å². The first-order valence-corrected chi connectivity index (χ1v) is 5.60. The third-order valence-corrected chi connectivity index (χ3v) is 3.56. The van der Waals surface area contributed by atoms with Crippen molar-refractivity contribution in [2.45, 2.75) is 24.1 Å². The summed E-state index contributed by atoms with van der Waals surface area (Å²) >= 11 is 3.38. The summed E-state index contributed by atoms with van der Waals surface area (Å²) in [5.74, 6) is 0.753. The van der Waals surface area contributed by atoms with Crippen molar-refractivity contribution < 1.29 is 9.53 Å². The van der Waals surface area contributed by atoms with Crippen LogP contribution in [0, 0.1) is 0 Å². The Kier molecular flexibility index (Phi) is 2.59. The molecule has 0 saturated carbocycles. The fourth-order valence-electron chi connectivity index (χ4n) is 1.79. The molecule has 2 unspecified atom stereocenters. The lowest BCUT2D eigenvalue weighted by Gasteiger charge is -2.27. The number of carbonyl (C=O) groups is 1. The molecule has 0 N–H and O–H groups in total. The van der Waals surface area contributed by atoms with Gasteiger partial charge in [-0.05, 0) is 18.1 Å². The molecule has 0 radical (unpaired) electrons. The van der Waals surface area contributed by atoms with E-state index in [-0.39, 0.29) is 16.7 Å². The maximum Gasteiger partial charge on any atom is 0.325 e. The average Bonchev–Trinajstić information content (AvgIpc) is 2.20. The highest BCUT2D eigenvalue weighted by molar-refractivity contribution is 9.10.